The van der Waals surface area contributed by atoms with E-state index in [1.807, 2.05) is 11.8 Å². The van der Waals surface area contributed by atoms with E-state index in [4.69, 9.17) is 0 Å². The Morgan fingerprint density at radius 3 is 2.47 bits per heavy atom. The number of nitrogens with zero attached hydrogens (tertiary/aromatic N) is 5. The number of aryl methyl sites for hydroxylation is 1. The van der Waals surface area contributed by atoms with E-state index >= 15 is 0 Å². The van der Waals surface area contributed by atoms with Crippen LogP contribution in [0.2, 0.25) is 0 Å². The monoisotopic (exact) mass is 437 g/mol. The van der Waals surface area contributed by atoms with Gasteiger partial charge in [-0.05, 0) is 36.2 Å². The van der Waals surface area contributed by atoms with Crippen LogP contribution in [-0.2, 0) is 20.1 Å². The van der Waals surface area contributed by atoms with Crippen molar-refractivity contribution in [1.82, 2.24) is 18.7 Å². The largest absolute Gasteiger partial charge is 0.332 e. The molecule has 2 aromatic heterocycles. The second-order valence-corrected chi connectivity index (χ2v) is 8.21. The van der Waals surface area contributed by atoms with Crippen molar-refractivity contribution in [2.45, 2.75) is 20.0 Å². The highest BCUT2D eigenvalue weighted by molar-refractivity contribution is 5.77. The first-order valence-electron chi connectivity index (χ1n) is 10.3. The molecule has 1 aliphatic rings. The van der Waals surface area contributed by atoms with Crippen LogP contribution in [0.4, 0.5) is 20.4 Å². The molecule has 7 nitrogen and oxygen atoms in total. The minimum atomic E-state index is -0.567. The molecular weight excluding hydrogens is 416 g/mol. The van der Waals surface area contributed by atoms with Gasteiger partial charge in [0.2, 0.25) is 5.95 Å². The lowest BCUT2D eigenvalue weighted by Gasteiger charge is -2.32. The van der Waals surface area contributed by atoms with Crippen molar-refractivity contribution in [3.8, 4) is 0 Å². The van der Waals surface area contributed by atoms with E-state index in [1.54, 1.807) is 41.9 Å². The van der Waals surface area contributed by atoms with Gasteiger partial charge in [-0.25, -0.2) is 13.6 Å². The van der Waals surface area contributed by atoms with Crippen LogP contribution < -0.4 is 16.1 Å². The van der Waals surface area contributed by atoms with E-state index in [9.17, 15) is 18.4 Å². The van der Waals surface area contributed by atoms with Crippen LogP contribution in [0.25, 0.3) is 11.2 Å². The topological polar surface area (TPSA) is 65.1 Å². The molecule has 4 aromatic rings. The van der Waals surface area contributed by atoms with Crippen LogP contribution in [0.3, 0.4) is 0 Å². The lowest BCUT2D eigenvalue weighted by molar-refractivity contribution is 0.457. The smallest absolute Gasteiger partial charge is 0.312 e. The number of hydrogen-bond acceptors (Lipinski definition) is 4. The first kappa shape index (κ1) is 20.2. The number of aromatic nitrogens is 4. The molecule has 0 radical (unpaired) electrons. The minimum absolute atomic E-state index is 0.168. The Morgan fingerprint density at radius 2 is 1.75 bits per heavy atom. The number of hydrogen-bond donors (Lipinski definition) is 0. The predicted molar refractivity (Wildman–Crippen MR) is 117 cm³/mol. The average Bonchev–Trinajstić information content (AvgIpc) is 3.16. The Labute approximate surface area is 181 Å². The zero-order valence-electron chi connectivity index (χ0n) is 17.6. The van der Waals surface area contributed by atoms with E-state index in [1.165, 1.54) is 22.8 Å². The Balaban J connectivity index is 1.73. The maximum atomic E-state index is 14.2. The van der Waals surface area contributed by atoms with E-state index in [2.05, 4.69) is 4.98 Å². The van der Waals surface area contributed by atoms with Gasteiger partial charge in [0.1, 0.15) is 11.6 Å². The predicted octanol–water partition coefficient (Wildman–Crippen LogP) is 3.01. The zero-order chi connectivity index (χ0) is 22.6. The summed E-state index contributed by atoms with van der Waals surface area (Å²) in [6, 6.07) is 12.1. The quantitative estimate of drug-likeness (QED) is 0.494. The van der Waals surface area contributed by atoms with Crippen LogP contribution in [0.1, 0.15) is 12.5 Å². The SMILES string of the molecule is CC1CN(c2ccc(F)cc2)c2nc3c(c(=O)n(Cc4ccccc4F)c(=O)n3C)n2C1. The molecule has 2 aromatic carbocycles. The Morgan fingerprint density at radius 1 is 1.03 bits per heavy atom. The lowest BCUT2D eigenvalue weighted by atomic mass is 10.1. The van der Waals surface area contributed by atoms with Crippen LogP contribution in [0.5, 0.6) is 0 Å². The molecule has 0 saturated carbocycles. The molecule has 0 spiro atoms. The summed E-state index contributed by atoms with van der Waals surface area (Å²) in [7, 11) is 1.55. The molecule has 3 heterocycles. The van der Waals surface area contributed by atoms with Crippen LogP contribution in [0.15, 0.2) is 58.1 Å². The molecule has 164 valence electrons. The Kier molecular flexibility index (Phi) is 4.69. The molecule has 0 fully saturated rings. The lowest BCUT2D eigenvalue weighted by Crippen LogP contribution is -2.40. The Hall–Kier alpha value is -3.75. The van der Waals surface area contributed by atoms with Crippen molar-refractivity contribution in [2.75, 3.05) is 11.4 Å². The highest BCUT2D eigenvalue weighted by Crippen LogP contribution is 2.32. The standard InChI is InChI=1S/C23H21F2N5O2/c1-14-11-28(17-9-7-16(24)8-10-17)22-26-20-19(29(22)12-14)21(31)30(23(32)27(20)2)13-15-5-3-4-6-18(15)25/h3-10,14H,11-13H2,1-2H3. The maximum absolute atomic E-state index is 14.2. The van der Waals surface area contributed by atoms with Crippen LogP contribution in [0, 0.1) is 17.6 Å². The third-order valence-corrected chi connectivity index (χ3v) is 5.87. The van der Waals surface area contributed by atoms with E-state index < -0.39 is 17.1 Å². The minimum Gasteiger partial charge on any atom is -0.312 e. The highest BCUT2D eigenvalue weighted by atomic mass is 19.1. The number of imidazole rings is 1. The molecule has 1 atom stereocenters. The number of rotatable bonds is 3. The van der Waals surface area contributed by atoms with Gasteiger partial charge >= 0.3 is 5.69 Å². The van der Waals surface area contributed by atoms with Crippen molar-refractivity contribution in [3.63, 3.8) is 0 Å². The molecule has 1 aliphatic heterocycles. The van der Waals surface area contributed by atoms with Crippen molar-refractivity contribution in [3.05, 3.63) is 86.6 Å². The van der Waals surface area contributed by atoms with Crippen molar-refractivity contribution >= 4 is 22.8 Å². The molecule has 1 unspecified atom stereocenters. The summed E-state index contributed by atoms with van der Waals surface area (Å²) in [5.74, 6) is -0.138. The molecule has 0 amide bonds. The van der Waals surface area contributed by atoms with Crippen LogP contribution in [-0.4, -0.2) is 25.2 Å². The van der Waals surface area contributed by atoms with E-state index in [-0.39, 0.29) is 35.0 Å². The normalized spacial score (nSPS) is 15.9. The molecular formula is C23H21F2N5O2. The summed E-state index contributed by atoms with van der Waals surface area (Å²) in [6.07, 6.45) is 0. The van der Waals surface area contributed by atoms with Gasteiger partial charge < -0.3 is 9.47 Å². The second kappa shape index (κ2) is 7.44. The number of benzene rings is 2. The fourth-order valence-electron chi connectivity index (χ4n) is 4.28. The Bertz CT molecular complexity index is 1450. The first-order valence-corrected chi connectivity index (χ1v) is 10.3. The average molecular weight is 437 g/mol. The summed E-state index contributed by atoms with van der Waals surface area (Å²) in [6.45, 7) is 3.04. The van der Waals surface area contributed by atoms with Gasteiger partial charge in [-0.15, -0.1) is 0 Å². The molecule has 32 heavy (non-hydrogen) atoms. The molecule has 0 aliphatic carbocycles. The zero-order valence-corrected chi connectivity index (χ0v) is 17.6. The van der Waals surface area contributed by atoms with Gasteiger partial charge in [0.15, 0.2) is 11.2 Å². The molecule has 0 saturated heterocycles. The van der Waals surface area contributed by atoms with Crippen molar-refractivity contribution < 1.29 is 8.78 Å². The van der Waals surface area contributed by atoms with Gasteiger partial charge in [0, 0.05) is 31.4 Å². The molecule has 5 rings (SSSR count). The highest BCUT2D eigenvalue weighted by Gasteiger charge is 2.30. The number of anilines is 2. The molecule has 0 N–H and O–H groups in total. The van der Waals surface area contributed by atoms with Crippen molar-refractivity contribution in [1.29, 1.82) is 0 Å². The van der Waals surface area contributed by atoms with Crippen LogP contribution >= 0.6 is 0 Å². The number of halogens is 2. The fourth-order valence-corrected chi connectivity index (χ4v) is 4.28. The summed E-state index contributed by atoms with van der Waals surface area (Å²) >= 11 is 0. The maximum Gasteiger partial charge on any atom is 0.332 e. The first-order chi connectivity index (χ1) is 15.3. The molecule has 0 bridgehead atoms. The van der Waals surface area contributed by atoms with Gasteiger partial charge in [-0.1, -0.05) is 25.1 Å². The van der Waals surface area contributed by atoms with Gasteiger partial charge in [0.05, 0.1) is 6.54 Å². The van der Waals surface area contributed by atoms with Gasteiger partial charge in [-0.3, -0.25) is 13.9 Å². The third-order valence-electron chi connectivity index (χ3n) is 5.87. The summed E-state index contributed by atoms with van der Waals surface area (Å²) in [5.41, 5.74) is 0.468. The third kappa shape index (κ3) is 3.12. The fraction of sp³-hybridized carbons (Fsp3) is 0.261. The summed E-state index contributed by atoms with van der Waals surface area (Å²) in [5, 5.41) is 0. The van der Waals surface area contributed by atoms with E-state index in [0.29, 0.717) is 19.0 Å². The summed E-state index contributed by atoms with van der Waals surface area (Å²) < 4.78 is 31.8. The summed E-state index contributed by atoms with van der Waals surface area (Å²) in [4.78, 5) is 33.0. The van der Waals surface area contributed by atoms with Gasteiger partial charge in [-0.2, -0.15) is 4.98 Å². The van der Waals surface area contributed by atoms with Crippen molar-refractivity contribution in [2.24, 2.45) is 13.0 Å². The number of fused-ring (bicyclic) bond motifs is 3. The van der Waals surface area contributed by atoms with Gasteiger partial charge in [0.25, 0.3) is 5.56 Å². The second-order valence-electron chi connectivity index (χ2n) is 8.21. The molecule has 9 heteroatoms. The van der Waals surface area contributed by atoms with E-state index in [0.717, 1.165) is 10.3 Å².